The van der Waals surface area contributed by atoms with E-state index in [1.807, 2.05) is 0 Å². The minimum Gasteiger partial charge on any atom is -0.495 e. The highest BCUT2D eigenvalue weighted by molar-refractivity contribution is 7.89. The normalized spacial score (nSPS) is 12.9. The van der Waals surface area contributed by atoms with Gasteiger partial charge in [0.2, 0.25) is 10.0 Å². The van der Waals surface area contributed by atoms with Crippen LogP contribution in [0.15, 0.2) is 29.2 Å². The number of hydrogen-bond donors (Lipinski definition) is 2. The lowest BCUT2D eigenvalue weighted by molar-refractivity contribution is -0.139. The molecule has 0 heterocycles. The number of carboxylic acids is 1. The van der Waals surface area contributed by atoms with Gasteiger partial charge in [0.05, 0.1) is 7.11 Å². The van der Waals surface area contributed by atoms with Crippen molar-refractivity contribution < 1.29 is 23.1 Å². The van der Waals surface area contributed by atoms with Gasteiger partial charge in [-0.3, -0.25) is 4.79 Å². The Hall–Kier alpha value is -1.60. The summed E-state index contributed by atoms with van der Waals surface area (Å²) in [6.07, 6.45) is 0.787. The van der Waals surface area contributed by atoms with E-state index in [1.165, 1.54) is 19.2 Å². The van der Waals surface area contributed by atoms with Crippen LogP contribution in [0.3, 0.4) is 0 Å². The van der Waals surface area contributed by atoms with Crippen LogP contribution in [0, 0.1) is 0 Å². The number of rotatable bonds is 7. The number of sulfonamides is 1. The molecule has 7 heteroatoms. The summed E-state index contributed by atoms with van der Waals surface area (Å²) in [5, 5.41) is 8.98. The second-order valence-corrected chi connectivity index (χ2v) is 5.63. The standard InChI is InChI=1S/C12H17NO5S/c1-3-6-9(12(14)15)13-19(16,17)11-8-5-4-7-10(11)18-2/h4-5,7-9,13H,3,6H2,1-2H3,(H,14,15)/t9-/m1/s1. The number of nitrogens with one attached hydrogen (secondary N) is 1. The van der Waals surface area contributed by atoms with Gasteiger partial charge in [0.15, 0.2) is 0 Å². The van der Waals surface area contributed by atoms with Crippen LogP contribution in [0.4, 0.5) is 0 Å². The van der Waals surface area contributed by atoms with E-state index in [4.69, 9.17) is 9.84 Å². The topological polar surface area (TPSA) is 92.7 Å². The Morgan fingerprint density at radius 2 is 2.05 bits per heavy atom. The summed E-state index contributed by atoms with van der Waals surface area (Å²) in [6, 6.07) is 4.92. The Bertz CT molecular complexity index is 541. The molecule has 0 aromatic heterocycles. The van der Waals surface area contributed by atoms with Crippen molar-refractivity contribution in [1.29, 1.82) is 0 Å². The molecular formula is C12H17NO5S. The van der Waals surface area contributed by atoms with E-state index >= 15 is 0 Å². The summed E-state index contributed by atoms with van der Waals surface area (Å²) in [5.41, 5.74) is 0. The predicted octanol–water partition coefficient (Wildman–Crippen LogP) is 1.23. The number of methoxy groups -OCH3 is 1. The Morgan fingerprint density at radius 1 is 1.42 bits per heavy atom. The van der Waals surface area contributed by atoms with Crippen LogP contribution in [0.2, 0.25) is 0 Å². The average Bonchev–Trinajstić information content (AvgIpc) is 2.38. The zero-order chi connectivity index (χ0) is 14.5. The molecular weight excluding hydrogens is 270 g/mol. The van der Waals surface area contributed by atoms with Gasteiger partial charge in [-0.25, -0.2) is 8.42 Å². The lowest BCUT2D eigenvalue weighted by Crippen LogP contribution is -2.40. The number of para-hydroxylation sites is 1. The number of aliphatic carboxylic acids is 1. The van der Waals surface area contributed by atoms with Crippen LogP contribution in [0.25, 0.3) is 0 Å². The van der Waals surface area contributed by atoms with Gasteiger partial charge in [-0.05, 0) is 18.6 Å². The highest BCUT2D eigenvalue weighted by atomic mass is 32.2. The molecule has 6 nitrogen and oxygen atoms in total. The zero-order valence-corrected chi connectivity index (χ0v) is 11.6. The maximum atomic E-state index is 12.1. The van der Waals surface area contributed by atoms with Gasteiger partial charge in [0, 0.05) is 0 Å². The van der Waals surface area contributed by atoms with Gasteiger partial charge >= 0.3 is 5.97 Å². The van der Waals surface area contributed by atoms with Gasteiger partial charge in [0.1, 0.15) is 16.7 Å². The summed E-state index contributed by atoms with van der Waals surface area (Å²) in [7, 11) is -2.57. The third-order valence-corrected chi connectivity index (χ3v) is 4.04. The van der Waals surface area contributed by atoms with Crippen LogP contribution in [0.5, 0.6) is 5.75 Å². The molecule has 0 saturated carbocycles. The van der Waals surface area contributed by atoms with Crippen molar-refractivity contribution in [2.45, 2.75) is 30.7 Å². The Morgan fingerprint density at radius 3 is 2.58 bits per heavy atom. The minimum absolute atomic E-state index is 0.0696. The van der Waals surface area contributed by atoms with Crippen molar-refractivity contribution in [2.24, 2.45) is 0 Å². The average molecular weight is 287 g/mol. The number of hydrogen-bond acceptors (Lipinski definition) is 4. The van der Waals surface area contributed by atoms with Crippen LogP contribution in [-0.2, 0) is 14.8 Å². The molecule has 1 atom stereocenters. The van der Waals surface area contributed by atoms with E-state index in [1.54, 1.807) is 19.1 Å². The first-order valence-corrected chi connectivity index (χ1v) is 7.28. The van der Waals surface area contributed by atoms with Crippen LogP contribution >= 0.6 is 0 Å². The van der Waals surface area contributed by atoms with Crippen molar-refractivity contribution in [3.63, 3.8) is 0 Å². The Balaban J connectivity index is 3.06. The van der Waals surface area contributed by atoms with Crippen LogP contribution in [-0.4, -0.2) is 32.6 Å². The van der Waals surface area contributed by atoms with E-state index in [2.05, 4.69) is 4.72 Å². The maximum Gasteiger partial charge on any atom is 0.321 e. The molecule has 106 valence electrons. The van der Waals surface area contributed by atoms with Crippen molar-refractivity contribution in [3.8, 4) is 5.75 Å². The van der Waals surface area contributed by atoms with Crippen molar-refractivity contribution >= 4 is 16.0 Å². The molecule has 0 aliphatic heterocycles. The third kappa shape index (κ3) is 3.93. The second kappa shape index (κ2) is 6.53. The summed E-state index contributed by atoms with van der Waals surface area (Å²) in [5.74, 6) is -1.02. The Kier molecular flexibility index (Phi) is 5.31. The smallest absolute Gasteiger partial charge is 0.321 e. The SMILES string of the molecule is CCC[C@@H](NS(=O)(=O)c1ccccc1OC)C(=O)O. The van der Waals surface area contributed by atoms with Crippen molar-refractivity contribution in [2.75, 3.05) is 7.11 Å². The van der Waals surface area contributed by atoms with Gasteiger partial charge in [-0.1, -0.05) is 25.5 Å². The minimum atomic E-state index is -3.93. The molecule has 2 N–H and O–H groups in total. The quantitative estimate of drug-likeness (QED) is 0.786. The first-order chi connectivity index (χ1) is 8.92. The molecule has 0 unspecified atom stereocenters. The van der Waals surface area contributed by atoms with Gasteiger partial charge < -0.3 is 9.84 Å². The summed E-state index contributed by atoms with van der Waals surface area (Å²) >= 11 is 0. The van der Waals surface area contributed by atoms with E-state index in [0.29, 0.717) is 6.42 Å². The fraction of sp³-hybridized carbons (Fsp3) is 0.417. The van der Waals surface area contributed by atoms with Crippen molar-refractivity contribution in [3.05, 3.63) is 24.3 Å². The molecule has 0 aliphatic rings. The second-order valence-electron chi connectivity index (χ2n) is 3.95. The molecule has 1 aromatic carbocycles. The van der Waals surface area contributed by atoms with E-state index in [0.717, 1.165) is 0 Å². The highest BCUT2D eigenvalue weighted by Crippen LogP contribution is 2.23. The number of benzene rings is 1. The largest absolute Gasteiger partial charge is 0.495 e. The molecule has 0 amide bonds. The third-order valence-electron chi connectivity index (χ3n) is 2.53. The maximum absolute atomic E-state index is 12.1. The lowest BCUT2D eigenvalue weighted by Gasteiger charge is -2.15. The fourth-order valence-electron chi connectivity index (χ4n) is 1.61. The van der Waals surface area contributed by atoms with Crippen LogP contribution in [0.1, 0.15) is 19.8 Å². The monoisotopic (exact) mass is 287 g/mol. The first-order valence-electron chi connectivity index (χ1n) is 5.80. The Labute approximate surface area is 112 Å². The molecule has 0 saturated heterocycles. The molecule has 0 aliphatic carbocycles. The molecule has 0 fully saturated rings. The van der Waals surface area contributed by atoms with Gasteiger partial charge in [-0.2, -0.15) is 4.72 Å². The number of carboxylic acid groups (broad SMARTS) is 1. The van der Waals surface area contributed by atoms with E-state index < -0.39 is 22.0 Å². The molecule has 0 spiro atoms. The van der Waals surface area contributed by atoms with Gasteiger partial charge in [-0.15, -0.1) is 0 Å². The summed E-state index contributed by atoms with van der Waals surface area (Å²) in [6.45, 7) is 1.79. The van der Waals surface area contributed by atoms with E-state index in [9.17, 15) is 13.2 Å². The zero-order valence-electron chi connectivity index (χ0n) is 10.8. The molecule has 19 heavy (non-hydrogen) atoms. The fourth-order valence-corrected chi connectivity index (χ4v) is 3.01. The van der Waals surface area contributed by atoms with Crippen molar-refractivity contribution in [1.82, 2.24) is 4.72 Å². The van der Waals surface area contributed by atoms with Gasteiger partial charge in [0.25, 0.3) is 0 Å². The molecule has 0 bridgehead atoms. The first kappa shape index (κ1) is 15.5. The summed E-state index contributed by atoms with van der Waals surface area (Å²) < 4.78 is 31.4. The number of ether oxygens (including phenoxy) is 1. The predicted molar refractivity (Wildman–Crippen MR) is 69.6 cm³/mol. The van der Waals surface area contributed by atoms with Crippen LogP contribution < -0.4 is 9.46 Å². The van der Waals surface area contributed by atoms with E-state index in [-0.39, 0.29) is 17.1 Å². The summed E-state index contributed by atoms with van der Waals surface area (Å²) in [4.78, 5) is 10.9. The highest BCUT2D eigenvalue weighted by Gasteiger charge is 2.26. The number of carbonyl (C=O) groups is 1. The molecule has 1 aromatic rings. The molecule has 0 radical (unpaired) electrons. The lowest BCUT2D eigenvalue weighted by atomic mass is 10.2. The molecule has 1 rings (SSSR count).